The lowest BCUT2D eigenvalue weighted by Gasteiger charge is -2.30. The summed E-state index contributed by atoms with van der Waals surface area (Å²) in [5.74, 6) is 0.334. The van der Waals surface area contributed by atoms with Gasteiger partial charge in [-0.25, -0.2) is 9.38 Å². The average Bonchev–Trinajstić information content (AvgIpc) is 2.47. The Hall–Kier alpha value is -1.88. The van der Waals surface area contributed by atoms with E-state index >= 15 is 0 Å². The first-order valence-electron chi connectivity index (χ1n) is 7.39. The minimum atomic E-state index is -0.280. The van der Waals surface area contributed by atoms with Gasteiger partial charge in [-0.1, -0.05) is 25.0 Å². The minimum absolute atomic E-state index is 0.127. The molecule has 1 aromatic rings. The fraction of sp³-hybridized carbons (Fsp3) is 0.438. The number of benzene rings is 1. The molecule has 1 saturated carbocycles. The smallest absolute Gasteiger partial charge is 0.196 e. The summed E-state index contributed by atoms with van der Waals surface area (Å²) in [6.07, 6.45) is 6.11. The molecule has 1 aromatic carbocycles. The number of nitrogens with one attached hydrogen (secondary N) is 2. The molecule has 0 bridgehead atoms. The van der Waals surface area contributed by atoms with Crippen LogP contribution in [0.25, 0.3) is 0 Å². The molecule has 1 fully saturated rings. The number of rotatable bonds is 4. The van der Waals surface area contributed by atoms with Crippen LogP contribution >= 0.6 is 0 Å². The van der Waals surface area contributed by atoms with Crippen molar-refractivity contribution in [1.29, 1.82) is 0 Å². The van der Waals surface area contributed by atoms with E-state index in [2.05, 4.69) is 22.2 Å². The van der Waals surface area contributed by atoms with Crippen LogP contribution in [-0.2, 0) is 0 Å². The van der Waals surface area contributed by atoms with Crippen molar-refractivity contribution >= 4 is 11.6 Å². The second kappa shape index (κ2) is 7.78. The second-order valence-corrected chi connectivity index (χ2v) is 5.31. The third-order valence-corrected chi connectivity index (χ3v) is 3.61. The van der Waals surface area contributed by atoms with Gasteiger partial charge in [0.15, 0.2) is 5.96 Å². The van der Waals surface area contributed by atoms with Crippen molar-refractivity contribution in [2.75, 3.05) is 11.9 Å². The van der Waals surface area contributed by atoms with Gasteiger partial charge in [0, 0.05) is 17.8 Å². The van der Waals surface area contributed by atoms with E-state index in [0.717, 1.165) is 12.8 Å². The standard InChI is InChI=1S/C16H23FN4/c1-2-10-19-16(20-13-7-5-6-12(17)11-13)21-15-9-4-3-8-14(15)18/h2,5-7,11,14-15H,1,3-4,8-10,18H2,(H2,19,20,21)/t14-,15-/m0/s1. The van der Waals surface area contributed by atoms with Crippen LogP contribution in [0.15, 0.2) is 41.9 Å². The van der Waals surface area contributed by atoms with Crippen LogP contribution < -0.4 is 16.4 Å². The lowest BCUT2D eigenvalue weighted by atomic mass is 9.91. The number of aliphatic imine (C=N–C) groups is 1. The van der Waals surface area contributed by atoms with E-state index in [0.29, 0.717) is 18.2 Å². The molecule has 2 rings (SSSR count). The van der Waals surface area contributed by atoms with Gasteiger partial charge in [-0.15, -0.1) is 6.58 Å². The molecule has 2 atom stereocenters. The third kappa shape index (κ3) is 4.86. The molecule has 0 aromatic heterocycles. The molecule has 0 radical (unpaired) electrons. The van der Waals surface area contributed by atoms with Gasteiger partial charge in [-0.2, -0.15) is 0 Å². The summed E-state index contributed by atoms with van der Waals surface area (Å²) in [6, 6.07) is 6.64. The Balaban J connectivity index is 2.05. The molecule has 4 nitrogen and oxygen atoms in total. The van der Waals surface area contributed by atoms with Crippen LogP contribution in [0.5, 0.6) is 0 Å². The first kappa shape index (κ1) is 15.5. The first-order chi connectivity index (χ1) is 10.2. The number of halogens is 1. The van der Waals surface area contributed by atoms with E-state index in [1.54, 1.807) is 18.2 Å². The highest BCUT2D eigenvalue weighted by Gasteiger charge is 2.22. The molecule has 1 aliphatic rings. The van der Waals surface area contributed by atoms with Crippen LogP contribution in [0.4, 0.5) is 10.1 Å². The summed E-state index contributed by atoms with van der Waals surface area (Å²) < 4.78 is 13.3. The third-order valence-electron chi connectivity index (χ3n) is 3.61. The Morgan fingerprint density at radius 1 is 1.43 bits per heavy atom. The number of guanidine groups is 1. The van der Waals surface area contributed by atoms with Crippen molar-refractivity contribution in [2.24, 2.45) is 10.7 Å². The normalized spacial score (nSPS) is 22.7. The number of hydrogen-bond acceptors (Lipinski definition) is 2. The predicted molar refractivity (Wildman–Crippen MR) is 85.9 cm³/mol. The van der Waals surface area contributed by atoms with Gasteiger partial charge >= 0.3 is 0 Å². The largest absolute Gasteiger partial charge is 0.352 e. The van der Waals surface area contributed by atoms with Crippen LogP contribution in [0.1, 0.15) is 25.7 Å². The average molecular weight is 290 g/mol. The molecular weight excluding hydrogens is 267 g/mol. The summed E-state index contributed by atoms with van der Waals surface area (Å²) in [7, 11) is 0. The van der Waals surface area contributed by atoms with Gasteiger partial charge < -0.3 is 16.4 Å². The zero-order chi connectivity index (χ0) is 15.1. The zero-order valence-electron chi connectivity index (χ0n) is 12.2. The van der Waals surface area contributed by atoms with Gasteiger partial charge in [-0.3, -0.25) is 0 Å². The zero-order valence-corrected chi connectivity index (χ0v) is 12.2. The second-order valence-electron chi connectivity index (χ2n) is 5.31. The topological polar surface area (TPSA) is 62.4 Å². The van der Waals surface area contributed by atoms with Gasteiger partial charge in [0.1, 0.15) is 5.82 Å². The first-order valence-corrected chi connectivity index (χ1v) is 7.39. The fourth-order valence-corrected chi connectivity index (χ4v) is 2.49. The predicted octanol–water partition coefficient (Wildman–Crippen LogP) is 2.64. The molecule has 0 saturated heterocycles. The van der Waals surface area contributed by atoms with Crippen LogP contribution in [0.3, 0.4) is 0 Å². The van der Waals surface area contributed by atoms with Crippen molar-refractivity contribution < 1.29 is 4.39 Å². The molecule has 5 heteroatoms. The SMILES string of the molecule is C=CCN=C(Nc1cccc(F)c1)N[C@H]1CCCC[C@@H]1N. The van der Waals surface area contributed by atoms with Crippen molar-refractivity contribution in [3.05, 3.63) is 42.7 Å². The Labute approximate surface area is 125 Å². The van der Waals surface area contributed by atoms with Crippen molar-refractivity contribution in [2.45, 2.75) is 37.8 Å². The Bertz CT molecular complexity index is 501. The lowest BCUT2D eigenvalue weighted by Crippen LogP contribution is -2.51. The van der Waals surface area contributed by atoms with E-state index < -0.39 is 0 Å². The molecule has 0 aliphatic heterocycles. The Morgan fingerprint density at radius 3 is 2.95 bits per heavy atom. The molecular formula is C16H23FN4. The monoisotopic (exact) mass is 290 g/mol. The van der Waals surface area contributed by atoms with Crippen molar-refractivity contribution in [3.63, 3.8) is 0 Å². The van der Waals surface area contributed by atoms with Crippen molar-refractivity contribution in [1.82, 2.24) is 5.32 Å². The molecule has 21 heavy (non-hydrogen) atoms. The molecule has 114 valence electrons. The summed E-state index contributed by atoms with van der Waals surface area (Å²) in [4.78, 5) is 4.39. The van der Waals surface area contributed by atoms with E-state index in [1.165, 1.54) is 25.0 Å². The number of hydrogen-bond donors (Lipinski definition) is 3. The number of anilines is 1. The highest BCUT2D eigenvalue weighted by molar-refractivity contribution is 5.93. The molecule has 4 N–H and O–H groups in total. The summed E-state index contributed by atoms with van der Waals surface area (Å²) in [5, 5.41) is 6.47. The molecule has 0 heterocycles. The molecule has 1 aliphatic carbocycles. The minimum Gasteiger partial charge on any atom is -0.352 e. The number of nitrogens with zero attached hydrogens (tertiary/aromatic N) is 1. The van der Waals surface area contributed by atoms with E-state index in [9.17, 15) is 4.39 Å². The summed E-state index contributed by atoms with van der Waals surface area (Å²) in [5.41, 5.74) is 6.81. The molecule has 0 spiro atoms. The van der Waals surface area contributed by atoms with E-state index in [-0.39, 0.29) is 17.9 Å². The quantitative estimate of drug-likeness (QED) is 0.454. The van der Waals surface area contributed by atoms with Gasteiger partial charge in [0.05, 0.1) is 6.54 Å². The summed E-state index contributed by atoms with van der Waals surface area (Å²) in [6.45, 7) is 4.16. The highest BCUT2D eigenvalue weighted by atomic mass is 19.1. The number of nitrogens with two attached hydrogens (primary N) is 1. The Morgan fingerprint density at radius 2 is 2.24 bits per heavy atom. The maximum Gasteiger partial charge on any atom is 0.196 e. The van der Waals surface area contributed by atoms with Crippen LogP contribution in [-0.4, -0.2) is 24.6 Å². The Kier molecular flexibility index (Phi) is 5.75. The maximum absolute atomic E-state index is 13.3. The van der Waals surface area contributed by atoms with Gasteiger partial charge in [0.25, 0.3) is 0 Å². The molecule has 0 unspecified atom stereocenters. The van der Waals surface area contributed by atoms with E-state index in [4.69, 9.17) is 5.73 Å². The fourth-order valence-electron chi connectivity index (χ4n) is 2.49. The molecule has 0 amide bonds. The van der Waals surface area contributed by atoms with Crippen molar-refractivity contribution in [3.8, 4) is 0 Å². The van der Waals surface area contributed by atoms with Crippen LogP contribution in [0.2, 0.25) is 0 Å². The van der Waals surface area contributed by atoms with Gasteiger partial charge in [0.2, 0.25) is 0 Å². The summed E-state index contributed by atoms with van der Waals surface area (Å²) >= 11 is 0. The van der Waals surface area contributed by atoms with Gasteiger partial charge in [-0.05, 0) is 31.0 Å². The van der Waals surface area contributed by atoms with E-state index in [1.807, 2.05) is 0 Å². The van der Waals surface area contributed by atoms with Crippen LogP contribution in [0, 0.1) is 5.82 Å². The highest BCUT2D eigenvalue weighted by Crippen LogP contribution is 2.17. The maximum atomic E-state index is 13.3. The lowest BCUT2D eigenvalue weighted by molar-refractivity contribution is 0.360.